The first-order valence-corrected chi connectivity index (χ1v) is 9.10. The Morgan fingerprint density at radius 1 is 0.615 bits per heavy atom. The van der Waals surface area contributed by atoms with Crippen LogP contribution in [-0.4, -0.2) is 15.0 Å². The molecular formula is C23H25N3. The van der Waals surface area contributed by atoms with Gasteiger partial charge in [0.1, 0.15) is 0 Å². The predicted molar refractivity (Wildman–Crippen MR) is 109 cm³/mol. The quantitative estimate of drug-likeness (QED) is 0.440. The van der Waals surface area contributed by atoms with Gasteiger partial charge in [0, 0.05) is 40.8 Å². The van der Waals surface area contributed by atoms with E-state index in [1.165, 1.54) is 16.5 Å². The summed E-state index contributed by atoms with van der Waals surface area (Å²) >= 11 is 0. The van der Waals surface area contributed by atoms with Crippen LogP contribution in [-0.2, 0) is 0 Å². The van der Waals surface area contributed by atoms with Crippen LogP contribution in [0.3, 0.4) is 0 Å². The van der Waals surface area contributed by atoms with Crippen molar-refractivity contribution in [2.75, 3.05) is 0 Å². The van der Waals surface area contributed by atoms with Gasteiger partial charge in [-0.3, -0.25) is 15.0 Å². The van der Waals surface area contributed by atoms with Crippen molar-refractivity contribution in [1.29, 1.82) is 0 Å². The summed E-state index contributed by atoms with van der Waals surface area (Å²) in [5.41, 5.74) is 3.30. The fourth-order valence-electron chi connectivity index (χ4n) is 2.71. The van der Waals surface area contributed by atoms with Crippen LogP contribution in [0.2, 0.25) is 0 Å². The average Bonchev–Trinajstić information content (AvgIpc) is 2.67. The molecule has 0 amide bonds. The summed E-state index contributed by atoms with van der Waals surface area (Å²) in [4.78, 5) is 13.1. The minimum absolute atomic E-state index is 0.464. The van der Waals surface area contributed by atoms with Gasteiger partial charge in [-0.1, -0.05) is 52.0 Å². The number of rotatable bonds is 2. The van der Waals surface area contributed by atoms with Crippen molar-refractivity contribution in [3.8, 4) is 0 Å². The molecule has 0 radical (unpaired) electrons. The van der Waals surface area contributed by atoms with Crippen LogP contribution in [0.25, 0.3) is 21.7 Å². The van der Waals surface area contributed by atoms with Crippen molar-refractivity contribution < 1.29 is 0 Å². The van der Waals surface area contributed by atoms with E-state index in [4.69, 9.17) is 0 Å². The lowest BCUT2D eigenvalue weighted by atomic mass is 10.1. The van der Waals surface area contributed by atoms with Crippen LogP contribution in [0.1, 0.15) is 50.9 Å². The zero-order chi connectivity index (χ0) is 18.5. The van der Waals surface area contributed by atoms with E-state index in [1.54, 1.807) is 0 Å². The molecule has 0 aliphatic carbocycles. The highest BCUT2D eigenvalue weighted by Crippen LogP contribution is 2.18. The summed E-state index contributed by atoms with van der Waals surface area (Å²) in [6.45, 7) is 8.60. The number of fused-ring (bicyclic) bond motifs is 2. The summed E-state index contributed by atoms with van der Waals surface area (Å²) in [6.07, 6.45) is 5.65. The predicted octanol–water partition coefficient (Wildman–Crippen LogP) is 6.11. The van der Waals surface area contributed by atoms with Crippen molar-refractivity contribution in [3.05, 3.63) is 78.5 Å². The number of hydrogen-bond donors (Lipinski definition) is 0. The minimum Gasteiger partial charge on any atom is -0.260 e. The molecule has 4 aromatic rings. The third-order valence-electron chi connectivity index (χ3n) is 4.34. The third kappa shape index (κ3) is 4.23. The van der Waals surface area contributed by atoms with Crippen LogP contribution in [0.4, 0.5) is 0 Å². The molecule has 0 N–H and O–H groups in total. The SMILES string of the molecule is CC(C)c1cc2ccccc2cn1.CC(C)c1cc2ncccc2cn1. The Labute approximate surface area is 155 Å². The molecule has 3 heterocycles. The van der Waals surface area contributed by atoms with Crippen molar-refractivity contribution in [2.24, 2.45) is 0 Å². The van der Waals surface area contributed by atoms with Gasteiger partial charge in [0.2, 0.25) is 0 Å². The normalized spacial score (nSPS) is 11.0. The summed E-state index contributed by atoms with van der Waals surface area (Å²) < 4.78 is 0. The van der Waals surface area contributed by atoms with E-state index < -0.39 is 0 Å². The van der Waals surface area contributed by atoms with E-state index in [2.05, 4.69) is 73.0 Å². The zero-order valence-corrected chi connectivity index (χ0v) is 15.8. The monoisotopic (exact) mass is 343 g/mol. The molecule has 3 heteroatoms. The Kier molecular flexibility index (Phi) is 5.57. The molecule has 0 spiro atoms. The maximum absolute atomic E-state index is 4.41. The number of hydrogen-bond acceptors (Lipinski definition) is 3. The third-order valence-corrected chi connectivity index (χ3v) is 4.34. The Balaban J connectivity index is 0.000000151. The maximum atomic E-state index is 4.41. The average molecular weight is 343 g/mol. The standard InChI is InChI=1S/C12H13N.C11H12N2/c1-9(2)12-7-10-5-3-4-6-11(10)8-13-12;1-8(2)10-6-11-9(7-13-10)4-3-5-12-11/h3-9H,1-2H3;3-8H,1-2H3. The first-order chi connectivity index (χ1) is 12.5. The molecule has 0 aliphatic heterocycles. The van der Waals surface area contributed by atoms with Crippen LogP contribution in [0, 0.1) is 0 Å². The van der Waals surface area contributed by atoms with E-state index in [0.29, 0.717) is 11.8 Å². The minimum atomic E-state index is 0.464. The zero-order valence-electron chi connectivity index (χ0n) is 15.8. The van der Waals surface area contributed by atoms with Crippen LogP contribution in [0.5, 0.6) is 0 Å². The molecule has 0 unspecified atom stereocenters. The lowest BCUT2D eigenvalue weighted by Gasteiger charge is -2.04. The highest BCUT2D eigenvalue weighted by atomic mass is 14.7. The lowest BCUT2D eigenvalue weighted by Crippen LogP contribution is -1.92. The smallest absolute Gasteiger partial charge is 0.0735 e. The molecule has 3 aromatic heterocycles. The molecule has 0 saturated carbocycles. The van der Waals surface area contributed by atoms with Crippen LogP contribution in [0.15, 0.2) is 67.1 Å². The molecule has 132 valence electrons. The number of aromatic nitrogens is 3. The van der Waals surface area contributed by atoms with Crippen LogP contribution >= 0.6 is 0 Å². The molecule has 0 bridgehead atoms. The topological polar surface area (TPSA) is 38.7 Å². The Bertz CT molecular complexity index is 923. The van der Waals surface area contributed by atoms with Crippen molar-refractivity contribution in [1.82, 2.24) is 15.0 Å². The van der Waals surface area contributed by atoms with Gasteiger partial charge in [-0.2, -0.15) is 0 Å². The fraction of sp³-hybridized carbons (Fsp3) is 0.261. The second kappa shape index (κ2) is 8.05. The molecule has 26 heavy (non-hydrogen) atoms. The highest BCUT2D eigenvalue weighted by molar-refractivity contribution is 5.81. The molecule has 4 rings (SSSR count). The van der Waals surface area contributed by atoms with Gasteiger partial charge in [-0.05, 0) is 41.5 Å². The fourth-order valence-corrected chi connectivity index (χ4v) is 2.71. The van der Waals surface area contributed by atoms with Gasteiger partial charge in [-0.25, -0.2) is 0 Å². The van der Waals surface area contributed by atoms with Crippen molar-refractivity contribution in [3.63, 3.8) is 0 Å². The molecule has 0 saturated heterocycles. The van der Waals surface area contributed by atoms with E-state index in [0.717, 1.165) is 16.6 Å². The summed E-state index contributed by atoms with van der Waals surface area (Å²) in [5, 5.41) is 3.60. The Morgan fingerprint density at radius 3 is 1.88 bits per heavy atom. The maximum Gasteiger partial charge on any atom is 0.0735 e. The Hall–Kier alpha value is -2.81. The van der Waals surface area contributed by atoms with Gasteiger partial charge in [-0.15, -0.1) is 0 Å². The lowest BCUT2D eigenvalue weighted by molar-refractivity contribution is 0.825. The molecular weight excluding hydrogens is 318 g/mol. The van der Waals surface area contributed by atoms with E-state index in [-0.39, 0.29) is 0 Å². The van der Waals surface area contributed by atoms with Crippen molar-refractivity contribution >= 4 is 21.7 Å². The highest BCUT2D eigenvalue weighted by Gasteiger charge is 2.02. The van der Waals surface area contributed by atoms with Gasteiger partial charge in [0.05, 0.1) is 5.52 Å². The Morgan fingerprint density at radius 2 is 1.19 bits per heavy atom. The molecule has 1 aromatic carbocycles. The van der Waals surface area contributed by atoms with Gasteiger partial charge in [0.25, 0.3) is 0 Å². The number of nitrogens with zero attached hydrogens (tertiary/aromatic N) is 3. The molecule has 0 fully saturated rings. The second-order valence-corrected chi connectivity index (χ2v) is 7.07. The molecule has 0 atom stereocenters. The second-order valence-electron chi connectivity index (χ2n) is 7.07. The van der Waals surface area contributed by atoms with E-state index >= 15 is 0 Å². The van der Waals surface area contributed by atoms with E-state index in [1.807, 2.05) is 36.8 Å². The summed E-state index contributed by atoms with van der Waals surface area (Å²) in [5.74, 6) is 0.969. The van der Waals surface area contributed by atoms with Gasteiger partial charge in [0.15, 0.2) is 0 Å². The first-order valence-electron chi connectivity index (χ1n) is 9.10. The molecule has 0 aliphatic rings. The molecule has 3 nitrogen and oxygen atoms in total. The van der Waals surface area contributed by atoms with E-state index in [9.17, 15) is 0 Å². The van der Waals surface area contributed by atoms with Crippen LogP contribution < -0.4 is 0 Å². The first kappa shape index (κ1) is 18.0. The largest absolute Gasteiger partial charge is 0.260 e. The number of benzene rings is 1. The summed E-state index contributed by atoms with van der Waals surface area (Å²) in [6, 6.07) is 16.5. The number of pyridine rings is 3. The summed E-state index contributed by atoms with van der Waals surface area (Å²) in [7, 11) is 0. The van der Waals surface area contributed by atoms with Gasteiger partial charge >= 0.3 is 0 Å². The van der Waals surface area contributed by atoms with Crippen molar-refractivity contribution in [2.45, 2.75) is 39.5 Å². The van der Waals surface area contributed by atoms with Gasteiger partial charge < -0.3 is 0 Å².